The fourth-order valence-corrected chi connectivity index (χ4v) is 2.61. The summed E-state index contributed by atoms with van der Waals surface area (Å²) in [6.45, 7) is 5.60. The smallest absolute Gasteiger partial charge is 0.141 e. The molecular weight excluding hydrogens is 200 g/mol. The molecule has 1 aromatic heterocycles. The van der Waals surface area contributed by atoms with E-state index in [9.17, 15) is 0 Å². The van der Waals surface area contributed by atoms with Crippen LogP contribution in [0.1, 0.15) is 51.4 Å². The zero-order valence-corrected chi connectivity index (χ0v) is 10.2. The van der Waals surface area contributed by atoms with E-state index in [2.05, 4.69) is 34.3 Å². The first-order valence-electron chi connectivity index (χ1n) is 6.34. The molecule has 1 heterocycles. The standard InChI is InChI=1S/C12H22N4/c1-9-4-3-5-11(6-9)7-13-10(2)12-14-8-15-16-12/h8-11,13H,3-7H2,1-2H3,(H,14,15,16). The van der Waals surface area contributed by atoms with Crippen molar-refractivity contribution in [1.29, 1.82) is 0 Å². The molecule has 3 atom stereocenters. The molecule has 0 amide bonds. The summed E-state index contributed by atoms with van der Waals surface area (Å²) in [6, 6.07) is 0.278. The van der Waals surface area contributed by atoms with Gasteiger partial charge in [0.2, 0.25) is 0 Å². The minimum Gasteiger partial charge on any atom is -0.307 e. The quantitative estimate of drug-likeness (QED) is 0.821. The average molecular weight is 222 g/mol. The molecule has 0 saturated heterocycles. The summed E-state index contributed by atoms with van der Waals surface area (Å²) >= 11 is 0. The van der Waals surface area contributed by atoms with Gasteiger partial charge in [0.15, 0.2) is 0 Å². The van der Waals surface area contributed by atoms with Crippen LogP contribution in [0.15, 0.2) is 6.33 Å². The first-order valence-corrected chi connectivity index (χ1v) is 6.34. The van der Waals surface area contributed by atoms with E-state index in [1.54, 1.807) is 6.33 Å². The molecule has 0 bridgehead atoms. The molecule has 0 radical (unpaired) electrons. The van der Waals surface area contributed by atoms with Gasteiger partial charge in [-0.1, -0.05) is 19.8 Å². The number of H-pyrrole nitrogens is 1. The Labute approximate surface area is 97.2 Å². The normalized spacial score (nSPS) is 27.9. The summed E-state index contributed by atoms with van der Waals surface area (Å²) in [5.74, 6) is 2.68. The average Bonchev–Trinajstić information content (AvgIpc) is 2.79. The Morgan fingerprint density at radius 1 is 1.56 bits per heavy atom. The van der Waals surface area contributed by atoms with E-state index >= 15 is 0 Å². The van der Waals surface area contributed by atoms with Crippen molar-refractivity contribution in [2.24, 2.45) is 11.8 Å². The highest BCUT2D eigenvalue weighted by atomic mass is 15.2. The first-order chi connectivity index (χ1) is 7.75. The summed E-state index contributed by atoms with van der Waals surface area (Å²) in [6.07, 6.45) is 7.12. The molecule has 0 aromatic carbocycles. The van der Waals surface area contributed by atoms with Gasteiger partial charge in [0.25, 0.3) is 0 Å². The predicted molar refractivity (Wildman–Crippen MR) is 63.9 cm³/mol. The van der Waals surface area contributed by atoms with E-state index in [0.717, 1.165) is 24.2 Å². The fraction of sp³-hybridized carbons (Fsp3) is 0.833. The second kappa shape index (κ2) is 5.43. The fourth-order valence-electron chi connectivity index (χ4n) is 2.61. The minimum absolute atomic E-state index is 0.278. The third-order valence-corrected chi connectivity index (χ3v) is 3.60. The number of nitrogens with zero attached hydrogens (tertiary/aromatic N) is 2. The molecule has 4 heteroatoms. The summed E-state index contributed by atoms with van der Waals surface area (Å²) in [5, 5.41) is 10.3. The maximum absolute atomic E-state index is 4.17. The molecular formula is C12H22N4. The zero-order chi connectivity index (χ0) is 11.4. The van der Waals surface area contributed by atoms with Crippen LogP contribution in [0.5, 0.6) is 0 Å². The Morgan fingerprint density at radius 2 is 2.44 bits per heavy atom. The Hall–Kier alpha value is -0.900. The second-order valence-electron chi connectivity index (χ2n) is 5.14. The van der Waals surface area contributed by atoms with Gasteiger partial charge < -0.3 is 5.32 Å². The molecule has 2 N–H and O–H groups in total. The molecule has 16 heavy (non-hydrogen) atoms. The Balaban J connectivity index is 1.74. The van der Waals surface area contributed by atoms with E-state index in [1.165, 1.54) is 25.7 Å². The largest absolute Gasteiger partial charge is 0.307 e. The van der Waals surface area contributed by atoms with Crippen molar-refractivity contribution in [1.82, 2.24) is 20.5 Å². The highest BCUT2D eigenvalue weighted by molar-refractivity contribution is 4.89. The summed E-state index contributed by atoms with van der Waals surface area (Å²) < 4.78 is 0. The second-order valence-corrected chi connectivity index (χ2v) is 5.14. The Morgan fingerprint density at radius 3 is 3.12 bits per heavy atom. The highest BCUT2D eigenvalue weighted by Gasteiger charge is 2.19. The lowest BCUT2D eigenvalue weighted by atomic mass is 9.82. The van der Waals surface area contributed by atoms with Gasteiger partial charge in [-0.15, -0.1) is 0 Å². The van der Waals surface area contributed by atoms with Crippen LogP contribution in [0.2, 0.25) is 0 Å². The molecule has 1 saturated carbocycles. The molecule has 1 aliphatic carbocycles. The van der Waals surface area contributed by atoms with Crippen molar-refractivity contribution in [2.45, 2.75) is 45.6 Å². The van der Waals surface area contributed by atoms with Gasteiger partial charge in [-0.05, 0) is 38.1 Å². The zero-order valence-electron chi connectivity index (χ0n) is 10.2. The third-order valence-electron chi connectivity index (χ3n) is 3.60. The van der Waals surface area contributed by atoms with Crippen LogP contribution in [-0.4, -0.2) is 21.7 Å². The van der Waals surface area contributed by atoms with Crippen molar-refractivity contribution in [3.8, 4) is 0 Å². The number of aromatic amines is 1. The molecule has 4 nitrogen and oxygen atoms in total. The Kier molecular flexibility index (Phi) is 3.93. The van der Waals surface area contributed by atoms with Gasteiger partial charge in [0, 0.05) is 0 Å². The topological polar surface area (TPSA) is 53.6 Å². The van der Waals surface area contributed by atoms with Gasteiger partial charge in [-0.2, -0.15) is 5.10 Å². The summed E-state index contributed by atoms with van der Waals surface area (Å²) in [7, 11) is 0. The van der Waals surface area contributed by atoms with Crippen molar-refractivity contribution >= 4 is 0 Å². The summed E-state index contributed by atoms with van der Waals surface area (Å²) in [5.41, 5.74) is 0. The van der Waals surface area contributed by atoms with E-state index < -0.39 is 0 Å². The van der Waals surface area contributed by atoms with Crippen LogP contribution in [0.25, 0.3) is 0 Å². The minimum atomic E-state index is 0.278. The molecule has 0 aliphatic heterocycles. The number of hydrogen-bond donors (Lipinski definition) is 2. The van der Waals surface area contributed by atoms with Gasteiger partial charge >= 0.3 is 0 Å². The van der Waals surface area contributed by atoms with Crippen molar-refractivity contribution < 1.29 is 0 Å². The lowest BCUT2D eigenvalue weighted by Gasteiger charge is -2.27. The van der Waals surface area contributed by atoms with Crippen LogP contribution in [0.3, 0.4) is 0 Å². The van der Waals surface area contributed by atoms with E-state index in [4.69, 9.17) is 0 Å². The van der Waals surface area contributed by atoms with E-state index in [0.29, 0.717) is 0 Å². The maximum atomic E-state index is 4.17. The molecule has 1 aromatic rings. The molecule has 0 spiro atoms. The monoisotopic (exact) mass is 222 g/mol. The van der Waals surface area contributed by atoms with Crippen molar-refractivity contribution in [3.05, 3.63) is 12.2 Å². The lowest BCUT2D eigenvalue weighted by Crippen LogP contribution is -2.29. The van der Waals surface area contributed by atoms with Crippen LogP contribution in [-0.2, 0) is 0 Å². The van der Waals surface area contributed by atoms with Crippen LogP contribution < -0.4 is 5.32 Å². The maximum Gasteiger partial charge on any atom is 0.141 e. The number of rotatable bonds is 4. The molecule has 2 rings (SSSR count). The van der Waals surface area contributed by atoms with E-state index in [1.807, 2.05) is 0 Å². The first kappa shape index (κ1) is 11.6. The molecule has 90 valence electrons. The van der Waals surface area contributed by atoms with Crippen LogP contribution >= 0.6 is 0 Å². The number of hydrogen-bond acceptors (Lipinski definition) is 3. The number of nitrogens with one attached hydrogen (secondary N) is 2. The van der Waals surface area contributed by atoms with Crippen molar-refractivity contribution in [3.63, 3.8) is 0 Å². The Bertz CT molecular complexity index is 296. The number of aromatic nitrogens is 3. The van der Waals surface area contributed by atoms with Crippen molar-refractivity contribution in [2.75, 3.05) is 6.54 Å². The highest BCUT2D eigenvalue weighted by Crippen LogP contribution is 2.28. The van der Waals surface area contributed by atoms with E-state index in [-0.39, 0.29) is 6.04 Å². The van der Waals surface area contributed by atoms with Gasteiger partial charge in [0.1, 0.15) is 12.2 Å². The molecule has 1 fully saturated rings. The molecule has 1 aliphatic rings. The SMILES string of the molecule is CC1CCCC(CNC(C)c2ncn[nH]2)C1. The van der Waals surface area contributed by atoms with Crippen LogP contribution in [0, 0.1) is 11.8 Å². The summed E-state index contributed by atoms with van der Waals surface area (Å²) in [4.78, 5) is 4.17. The third kappa shape index (κ3) is 3.04. The van der Waals surface area contributed by atoms with Gasteiger partial charge in [-0.25, -0.2) is 4.98 Å². The predicted octanol–water partition coefficient (Wildman–Crippen LogP) is 2.28. The van der Waals surface area contributed by atoms with Gasteiger partial charge in [0.05, 0.1) is 6.04 Å². The molecule has 3 unspecified atom stereocenters. The van der Waals surface area contributed by atoms with Crippen LogP contribution in [0.4, 0.5) is 0 Å². The van der Waals surface area contributed by atoms with Gasteiger partial charge in [-0.3, -0.25) is 5.10 Å². The lowest BCUT2D eigenvalue weighted by molar-refractivity contribution is 0.267.